The number of fused-ring (bicyclic) bond motifs is 1. The van der Waals surface area contributed by atoms with E-state index in [1.165, 1.54) is 11.1 Å². The van der Waals surface area contributed by atoms with E-state index in [9.17, 15) is 0 Å². The molecule has 0 aliphatic carbocycles. The second-order valence-corrected chi connectivity index (χ2v) is 4.96. The van der Waals surface area contributed by atoms with Crippen LogP contribution in [0.2, 0.25) is 0 Å². The topological polar surface area (TPSA) is 49.9 Å². The van der Waals surface area contributed by atoms with E-state index in [4.69, 9.17) is 4.74 Å². The zero-order chi connectivity index (χ0) is 14.7. The van der Waals surface area contributed by atoms with Crippen molar-refractivity contribution < 1.29 is 4.74 Å². The van der Waals surface area contributed by atoms with Crippen LogP contribution in [0.15, 0.2) is 42.5 Å². The van der Waals surface area contributed by atoms with Gasteiger partial charge in [-0.15, -0.1) is 0 Å². The van der Waals surface area contributed by atoms with Crippen molar-refractivity contribution in [2.75, 3.05) is 19.0 Å². The Morgan fingerprint density at radius 3 is 2.81 bits per heavy atom. The van der Waals surface area contributed by atoms with Crippen molar-refractivity contribution in [3.63, 3.8) is 0 Å². The van der Waals surface area contributed by atoms with Crippen LogP contribution in [0.4, 0.5) is 5.82 Å². The van der Waals surface area contributed by atoms with Crippen molar-refractivity contribution in [3.8, 4) is 5.75 Å². The molecule has 0 saturated heterocycles. The number of benzene rings is 2. The van der Waals surface area contributed by atoms with Gasteiger partial charge < -0.3 is 10.1 Å². The first-order valence-corrected chi connectivity index (χ1v) is 7.16. The van der Waals surface area contributed by atoms with Gasteiger partial charge in [0, 0.05) is 12.4 Å². The summed E-state index contributed by atoms with van der Waals surface area (Å²) in [5.41, 5.74) is 3.55. The van der Waals surface area contributed by atoms with Crippen molar-refractivity contribution in [2.24, 2.45) is 0 Å². The average molecular weight is 281 g/mol. The standard InChI is InChI=1S/C17H19N3O/c1-3-21-14-6-4-5-12(10-14)9-13-7-8-16-15(11-13)17(18-2)20-19-16/h4-8,10-11H,3,9H2,1-2H3,(H2,18,19,20). The first-order valence-electron chi connectivity index (χ1n) is 7.16. The van der Waals surface area contributed by atoms with Crippen LogP contribution in [0.5, 0.6) is 5.75 Å². The van der Waals surface area contributed by atoms with Crippen LogP contribution in [0.25, 0.3) is 10.9 Å². The molecule has 3 aromatic rings. The fraction of sp³-hybridized carbons (Fsp3) is 0.235. The van der Waals surface area contributed by atoms with Crippen LogP contribution in [-0.4, -0.2) is 23.9 Å². The maximum atomic E-state index is 5.55. The summed E-state index contributed by atoms with van der Waals surface area (Å²) in [5.74, 6) is 1.81. The highest BCUT2D eigenvalue weighted by molar-refractivity contribution is 5.90. The van der Waals surface area contributed by atoms with Crippen molar-refractivity contribution in [1.29, 1.82) is 0 Å². The summed E-state index contributed by atoms with van der Waals surface area (Å²) in [4.78, 5) is 0. The Bertz CT molecular complexity index is 749. The van der Waals surface area contributed by atoms with Crippen LogP contribution < -0.4 is 10.1 Å². The molecule has 21 heavy (non-hydrogen) atoms. The molecule has 1 aromatic heterocycles. The Morgan fingerprint density at radius 2 is 2.00 bits per heavy atom. The zero-order valence-corrected chi connectivity index (χ0v) is 12.3. The minimum absolute atomic E-state index is 0.690. The third-order valence-electron chi connectivity index (χ3n) is 3.48. The van der Waals surface area contributed by atoms with Crippen molar-refractivity contribution in [2.45, 2.75) is 13.3 Å². The molecule has 0 aliphatic heterocycles. The summed E-state index contributed by atoms with van der Waals surface area (Å²) >= 11 is 0. The minimum Gasteiger partial charge on any atom is -0.494 e. The largest absolute Gasteiger partial charge is 0.494 e. The molecule has 1 heterocycles. The second kappa shape index (κ2) is 5.87. The van der Waals surface area contributed by atoms with E-state index < -0.39 is 0 Å². The van der Waals surface area contributed by atoms with Crippen molar-refractivity contribution in [3.05, 3.63) is 53.6 Å². The number of aromatic nitrogens is 2. The third kappa shape index (κ3) is 2.84. The molecule has 3 rings (SSSR count). The van der Waals surface area contributed by atoms with E-state index in [1.54, 1.807) is 0 Å². The number of aromatic amines is 1. The first-order chi connectivity index (χ1) is 10.3. The number of anilines is 1. The first kappa shape index (κ1) is 13.5. The molecule has 0 aliphatic rings. The van der Waals surface area contributed by atoms with Crippen LogP contribution >= 0.6 is 0 Å². The van der Waals surface area contributed by atoms with Gasteiger partial charge >= 0.3 is 0 Å². The van der Waals surface area contributed by atoms with Crippen molar-refractivity contribution >= 4 is 16.7 Å². The van der Waals surface area contributed by atoms with Gasteiger partial charge in [-0.05, 0) is 48.7 Å². The number of hydrogen-bond acceptors (Lipinski definition) is 3. The van der Waals surface area contributed by atoms with Gasteiger partial charge in [-0.2, -0.15) is 5.10 Å². The Balaban J connectivity index is 1.88. The molecular weight excluding hydrogens is 262 g/mol. The van der Waals surface area contributed by atoms with Gasteiger partial charge in [-0.25, -0.2) is 0 Å². The number of hydrogen-bond donors (Lipinski definition) is 2. The Hall–Kier alpha value is -2.49. The molecule has 0 fully saturated rings. The molecule has 0 radical (unpaired) electrons. The van der Waals surface area contributed by atoms with Gasteiger partial charge in [0.15, 0.2) is 5.82 Å². The predicted octanol–water partition coefficient (Wildman–Crippen LogP) is 3.59. The van der Waals surface area contributed by atoms with Crippen LogP contribution in [0.1, 0.15) is 18.1 Å². The molecule has 4 nitrogen and oxygen atoms in total. The lowest BCUT2D eigenvalue weighted by atomic mass is 10.0. The Labute approximate surface area is 124 Å². The fourth-order valence-corrected chi connectivity index (χ4v) is 2.51. The molecule has 108 valence electrons. The number of H-pyrrole nitrogens is 1. The Morgan fingerprint density at radius 1 is 1.14 bits per heavy atom. The highest BCUT2D eigenvalue weighted by atomic mass is 16.5. The average Bonchev–Trinajstić information content (AvgIpc) is 2.90. The lowest BCUT2D eigenvalue weighted by Crippen LogP contribution is -1.94. The van der Waals surface area contributed by atoms with Crippen LogP contribution in [-0.2, 0) is 6.42 Å². The van der Waals surface area contributed by atoms with Gasteiger partial charge in [0.25, 0.3) is 0 Å². The van der Waals surface area contributed by atoms with Gasteiger partial charge in [-0.1, -0.05) is 18.2 Å². The van der Waals surface area contributed by atoms with Crippen LogP contribution in [0, 0.1) is 0 Å². The summed E-state index contributed by atoms with van der Waals surface area (Å²) in [6.07, 6.45) is 0.880. The zero-order valence-electron chi connectivity index (χ0n) is 12.3. The lowest BCUT2D eigenvalue weighted by Gasteiger charge is -2.07. The van der Waals surface area contributed by atoms with Gasteiger partial charge in [0.2, 0.25) is 0 Å². The van der Waals surface area contributed by atoms with Gasteiger partial charge in [-0.3, -0.25) is 5.10 Å². The minimum atomic E-state index is 0.690. The monoisotopic (exact) mass is 281 g/mol. The SMILES string of the molecule is CCOc1cccc(Cc2ccc3[nH]nc(NC)c3c2)c1. The van der Waals surface area contributed by atoms with Gasteiger partial charge in [0.05, 0.1) is 12.1 Å². The summed E-state index contributed by atoms with van der Waals surface area (Å²) in [7, 11) is 1.88. The Kier molecular flexibility index (Phi) is 3.77. The van der Waals surface area contributed by atoms with Gasteiger partial charge in [0.1, 0.15) is 5.75 Å². The van der Waals surface area contributed by atoms with Crippen LogP contribution in [0.3, 0.4) is 0 Å². The summed E-state index contributed by atoms with van der Waals surface area (Å²) in [5, 5.41) is 11.5. The maximum absolute atomic E-state index is 5.55. The van der Waals surface area contributed by atoms with E-state index in [-0.39, 0.29) is 0 Å². The molecule has 0 unspecified atom stereocenters. The number of rotatable bonds is 5. The molecule has 0 bridgehead atoms. The molecule has 0 amide bonds. The number of ether oxygens (including phenoxy) is 1. The molecule has 0 spiro atoms. The highest BCUT2D eigenvalue weighted by Crippen LogP contribution is 2.23. The number of nitrogens with one attached hydrogen (secondary N) is 2. The van der Waals surface area contributed by atoms with E-state index >= 15 is 0 Å². The third-order valence-corrected chi connectivity index (χ3v) is 3.48. The smallest absolute Gasteiger partial charge is 0.155 e. The molecule has 2 N–H and O–H groups in total. The van der Waals surface area contributed by atoms with E-state index in [0.717, 1.165) is 28.9 Å². The van der Waals surface area contributed by atoms with Crippen molar-refractivity contribution in [1.82, 2.24) is 10.2 Å². The number of nitrogens with zero attached hydrogens (tertiary/aromatic N) is 1. The fourth-order valence-electron chi connectivity index (χ4n) is 2.51. The normalized spacial score (nSPS) is 10.8. The molecule has 0 saturated carbocycles. The highest BCUT2D eigenvalue weighted by Gasteiger charge is 2.06. The quantitative estimate of drug-likeness (QED) is 0.751. The predicted molar refractivity (Wildman–Crippen MR) is 86.1 cm³/mol. The molecule has 0 atom stereocenters. The van der Waals surface area contributed by atoms with E-state index in [1.807, 2.05) is 26.1 Å². The molecule has 2 aromatic carbocycles. The van der Waals surface area contributed by atoms with E-state index in [0.29, 0.717) is 6.61 Å². The summed E-state index contributed by atoms with van der Waals surface area (Å²) < 4.78 is 5.55. The summed E-state index contributed by atoms with van der Waals surface area (Å²) in [6.45, 7) is 2.69. The summed E-state index contributed by atoms with van der Waals surface area (Å²) in [6, 6.07) is 14.6. The second-order valence-electron chi connectivity index (χ2n) is 4.96. The maximum Gasteiger partial charge on any atom is 0.155 e. The lowest BCUT2D eigenvalue weighted by molar-refractivity contribution is 0.340. The molecule has 4 heteroatoms. The molecular formula is C17H19N3O. The van der Waals surface area contributed by atoms with E-state index in [2.05, 4.69) is 45.8 Å².